The van der Waals surface area contributed by atoms with Crippen LogP contribution in [0.2, 0.25) is 0 Å². The number of hydrogen-bond acceptors (Lipinski definition) is 3. The third-order valence-electron chi connectivity index (χ3n) is 3.63. The van der Waals surface area contributed by atoms with Gasteiger partial charge < -0.3 is 9.84 Å². The van der Waals surface area contributed by atoms with E-state index in [1.807, 2.05) is 32.9 Å². The predicted octanol–water partition coefficient (Wildman–Crippen LogP) is 3.32. The highest BCUT2D eigenvalue weighted by Gasteiger charge is 2.49. The number of benzene rings is 1. The number of carbonyl (C=O) groups excluding carboxylic acids is 1. The molecule has 0 aliphatic heterocycles. The van der Waals surface area contributed by atoms with E-state index in [0.29, 0.717) is 17.9 Å². The summed E-state index contributed by atoms with van der Waals surface area (Å²) in [6, 6.07) is 7.06. The van der Waals surface area contributed by atoms with Crippen molar-refractivity contribution in [3.63, 3.8) is 0 Å². The first-order valence-electron chi connectivity index (χ1n) is 7.32. The van der Waals surface area contributed by atoms with Gasteiger partial charge in [-0.25, -0.2) is 0 Å². The Balaban J connectivity index is 3.32. The molecule has 1 aromatic carbocycles. The molecule has 0 aliphatic rings. The van der Waals surface area contributed by atoms with Crippen molar-refractivity contribution in [1.82, 2.24) is 0 Å². The van der Waals surface area contributed by atoms with Crippen LogP contribution in [0.1, 0.15) is 44.7 Å². The lowest BCUT2D eigenvalue weighted by Crippen LogP contribution is -2.45. The van der Waals surface area contributed by atoms with Crippen molar-refractivity contribution in [2.75, 3.05) is 6.61 Å². The van der Waals surface area contributed by atoms with Crippen LogP contribution in [-0.2, 0) is 19.7 Å². The summed E-state index contributed by atoms with van der Waals surface area (Å²) in [5.41, 5.74) is -0.112. The number of ether oxygens (including phenoxy) is 1. The monoisotopic (exact) mass is 292 g/mol. The van der Waals surface area contributed by atoms with Crippen LogP contribution >= 0.6 is 0 Å². The summed E-state index contributed by atoms with van der Waals surface area (Å²) >= 11 is 0. The van der Waals surface area contributed by atoms with Crippen LogP contribution in [0.3, 0.4) is 0 Å². The second-order valence-electron chi connectivity index (χ2n) is 5.73. The fraction of sp³-hybridized carbons (Fsp3) is 0.529. The molecule has 0 aromatic heterocycles. The Hall–Kier alpha value is -1.84. The van der Waals surface area contributed by atoms with E-state index in [1.54, 1.807) is 19.1 Å². The summed E-state index contributed by atoms with van der Waals surface area (Å²) in [6.07, 6.45) is 0.876. The summed E-state index contributed by atoms with van der Waals surface area (Å²) in [5.74, 6) is -1.52. The highest BCUT2D eigenvalue weighted by atomic mass is 16.5. The Kier molecular flexibility index (Phi) is 5.94. The number of carboxylic acids is 1. The molecule has 4 nitrogen and oxygen atoms in total. The van der Waals surface area contributed by atoms with Gasteiger partial charge in [0.25, 0.3) is 0 Å². The molecule has 0 bridgehead atoms. The van der Waals surface area contributed by atoms with Gasteiger partial charge in [0.1, 0.15) is 0 Å². The Morgan fingerprint density at radius 3 is 2.24 bits per heavy atom. The van der Waals surface area contributed by atoms with Crippen molar-refractivity contribution in [2.24, 2.45) is 5.92 Å². The van der Waals surface area contributed by atoms with Gasteiger partial charge in [0.05, 0.1) is 6.61 Å². The molecule has 0 saturated carbocycles. The van der Waals surface area contributed by atoms with Gasteiger partial charge in [-0.3, -0.25) is 9.59 Å². The minimum absolute atomic E-state index is 0.168. The van der Waals surface area contributed by atoms with Crippen LogP contribution in [0.5, 0.6) is 0 Å². The molecule has 116 valence electrons. The Labute approximate surface area is 126 Å². The number of esters is 1. The molecule has 0 aliphatic carbocycles. The molecule has 1 aromatic rings. The predicted molar refractivity (Wildman–Crippen MR) is 81.2 cm³/mol. The number of carbonyl (C=O) groups is 2. The standard InChI is InChI=1S/C17H24O4/c1-5-21-16(20)17(15(18)19,11-10-12(2)3)14-8-6-13(4)7-9-14/h6-9,12H,5,10-11H2,1-4H3,(H,18,19). The lowest BCUT2D eigenvalue weighted by molar-refractivity contribution is -0.162. The van der Waals surface area contributed by atoms with Gasteiger partial charge in [0, 0.05) is 0 Å². The molecular formula is C17H24O4. The molecule has 0 amide bonds. The maximum Gasteiger partial charge on any atom is 0.328 e. The summed E-state index contributed by atoms with van der Waals surface area (Å²) in [5, 5.41) is 9.76. The first-order chi connectivity index (χ1) is 9.84. The third-order valence-corrected chi connectivity index (χ3v) is 3.63. The van der Waals surface area contributed by atoms with Crippen molar-refractivity contribution < 1.29 is 19.4 Å². The molecule has 0 saturated heterocycles. The molecule has 0 fully saturated rings. The minimum Gasteiger partial charge on any atom is -0.480 e. The normalized spacial score (nSPS) is 13.8. The molecule has 1 rings (SSSR count). The van der Waals surface area contributed by atoms with Gasteiger partial charge in [0.2, 0.25) is 0 Å². The summed E-state index contributed by atoms with van der Waals surface area (Å²) in [4.78, 5) is 24.3. The lowest BCUT2D eigenvalue weighted by Gasteiger charge is -2.28. The molecule has 1 N–H and O–H groups in total. The molecule has 1 unspecified atom stereocenters. The molecule has 0 radical (unpaired) electrons. The van der Waals surface area contributed by atoms with E-state index in [9.17, 15) is 14.7 Å². The first-order valence-corrected chi connectivity index (χ1v) is 7.32. The maximum absolute atomic E-state index is 12.4. The Morgan fingerprint density at radius 2 is 1.81 bits per heavy atom. The molecular weight excluding hydrogens is 268 g/mol. The Morgan fingerprint density at radius 1 is 1.24 bits per heavy atom. The average molecular weight is 292 g/mol. The second kappa shape index (κ2) is 7.25. The fourth-order valence-corrected chi connectivity index (χ4v) is 2.28. The van der Waals surface area contributed by atoms with E-state index in [4.69, 9.17) is 4.74 Å². The van der Waals surface area contributed by atoms with Gasteiger partial charge >= 0.3 is 11.9 Å². The molecule has 1 atom stereocenters. The zero-order valence-corrected chi connectivity index (χ0v) is 13.2. The molecule has 21 heavy (non-hydrogen) atoms. The van der Waals surface area contributed by atoms with Crippen LogP contribution in [0, 0.1) is 12.8 Å². The zero-order valence-electron chi connectivity index (χ0n) is 13.2. The zero-order chi connectivity index (χ0) is 16.0. The lowest BCUT2D eigenvalue weighted by atomic mass is 9.75. The number of hydrogen-bond donors (Lipinski definition) is 1. The SMILES string of the molecule is CCOC(=O)C(CCC(C)C)(C(=O)O)c1ccc(C)cc1. The fourth-order valence-electron chi connectivity index (χ4n) is 2.28. The van der Waals surface area contributed by atoms with Gasteiger partial charge in [-0.05, 0) is 38.2 Å². The van der Waals surface area contributed by atoms with E-state index in [0.717, 1.165) is 5.56 Å². The summed E-state index contributed by atoms with van der Waals surface area (Å²) < 4.78 is 5.07. The summed E-state index contributed by atoms with van der Waals surface area (Å²) in [7, 11) is 0. The quantitative estimate of drug-likeness (QED) is 0.618. The van der Waals surface area contributed by atoms with Crippen LogP contribution in [0.4, 0.5) is 0 Å². The van der Waals surface area contributed by atoms with E-state index in [-0.39, 0.29) is 13.0 Å². The number of rotatable bonds is 7. The van der Waals surface area contributed by atoms with Gasteiger partial charge in [0.15, 0.2) is 5.41 Å². The second-order valence-corrected chi connectivity index (χ2v) is 5.73. The van der Waals surface area contributed by atoms with Crippen LogP contribution in [0.25, 0.3) is 0 Å². The van der Waals surface area contributed by atoms with Crippen molar-refractivity contribution in [3.05, 3.63) is 35.4 Å². The van der Waals surface area contributed by atoms with Crippen molar-refractivity contribution in [3.8, 4) is 0 Å². The Bertz CT molecular complexity index is 490. The maximum atomic E-state index is 12.4. The molecule has 0 heterocycles. The topological polar surface area (TPSA) is 63.6 Å². The average Bonchev–Trinajstić information content (AvgIpc) is 2.41. The first kappa shape index (κ1) is 17.2. The van der Waals surface area contributed by atoms with E-state index < -0.39 is 17.4 Å². The van der Waals surface area contributed by atoms with Gasteiger partial charge in [-0.2, -0.15) is 0 Å². The highest BCUT2D eigenvalue weighted by Crippen LogP contribution is 2.33. The number of carboxylic acid groups (broad SMARTS) is 1. The number of aliphatic carboxylic acids is 1. The minimum atomic E-state index is -1.62. The van der Waals surface area contributed by atoms with Gasteiger partial charge in [-0.15, -0.1) is 0 Å². The van der Waals surface area contributed by atoms with Crippen molar-refractivity contribution >= 4 is 11.9 Å². The highest BCUT2D eigenvalue weighted by molar-refractivity contribution is 6.05. The van der Waals surface area contributed by atoms with Crippen molar-refractivity contribution in [2.45, 2.75) is 46.0 Å². The largest absolute Gasteiger partial charge is 0.480 e. The molecule has 4 heteroatoms. The van der Waals surface area contributed by atoms with E-state index in [1.165, 1.54) is 0 Å². The van der Waals surface area contributed by atoms with Crippen molar-refractivity contribution in [1.29, 1.82) is 0 Å². The van der Waals surface area contributed by atoms with Crippen LogP contribution < -0.4 is 0 Å². The van der Waals surface area contributed by atoms with E-state index >= 15 is 0 Å². The molecule has 0 spiro atoms. The third kappa shape index (κ3) is 3.84. The summed E-state index contributed by atoms with van der Waals surface area (Å²) in [6.45, 7) is 7.79. The van der Waals surface area contributed by atoms with Gasteiger partial charge in [-0.1, -0.05) is 43.7 Å². The smallest absolute Gasteiger partial charge is 0.328 e. The van der Waals surface area contributed by atoms with E-state index in [2.05, 4.69) is 0 Å². The van der Waals surface area contributed by atoms with Crippen LogP contribution in [0.15, 0.2) is 24.3 Å². The number of aryl methyl sites for hydroxylation is 1. The van der Waals surface area contributed by atoms with Crippen LogP contribution in [-0.4, -0.2) is 23.7 Å².